The molecule has 0 aromatic rings. The van der Waals surface area contributed by atoms with Crippen molar-refractivity contribution in [2.75, 3.05) is 19.6 Å². The van der Waals surface area contributed by atoms with Crippen molar-refractivity contribution in [3.05, 3.63) is 0 Å². The van der Waals surface area contributed by atoms with Crippen LogP contribution in [-0.4, -0.2) is 36.6 Å². The average Bonchev–Trinajstić information content (AvgIpc) is 3.12. The van der Waals surface area contributed by atoms with Gasteiger partial charge in [0.05, 0.1) is 0 Å². The van der Waals surface area contributed by atoms with Crippen molar-refractivity contribution in [1.29, 1.82) is 0 Å². The summed E-state index contributed by atoms with van der Waals surface area (Å²) in [7, 11) is 0. The molecule has 2 rings (SSSR count). The molecule has 2 fully saturated rings. The van der Waals surface area contributed by atoms with Crippen LogP contribution in [0, 0.1) is 23.7 Å². The Morgan fingerprint density at radius 1 is 1.11 bits per heavy atom. The first kappa shape index (κ1) is 14.3. The molecule has 3 atom stereocenters. The highest BCUT2D eigenvalue weighted by Gasteiger charge is 2.38. The summed E-state index contributed by atoms with van der Waals surface area (Å²) in [4.78, 5) is 2.79. The molecule has 3 unspecified atom stereocenters. The minimum Gasteiger partial charge on any atom is -0.311 e. The predicted molar refractivity (Wildman–Crippen MR) is 78.7 cm³/mol. The number of hydrogen-bond acceptors (Lipinski definition) is 2. The molecular weight excluding hydrogens is 220 g/mol. The van der Waals surface area contributed by atoms with Crippen LogP contribution >= 0.6 is 0 Å². The molecule has 2 heteroatoms. The second-order valence-electron chi connectivity index (χ2n) is 7.34. The van der Waals surface area contributed by atoms with E-state index in [1.807, 2.05) is 0 Å². The molecule has 106 valence electrons. The third-order valence-electron chi connectivity index (χ3n) is 5.11. The Hall–Kier alpha value is -0.0800. The Morgan fingerprint density at radius 3 is 2.28 bits per heavy atom. The largest absolute Gasteiger partial charge is 0.311 e. The van der Waals surface area contributed by atoms with Gasteiger partial charge in [-0.25, -0.2) is 0 Å². The van der Waals surface area contributed by atoms with Crippen molar-refractivity contribution < 1.29 is 0 Å². The summed E-state index contributed by atoms with van der Waals surface area (Å²) in [5.74, 6) is 3.35. The highest BCUT2D eigenvalue weighted by atomic mass is 15.2. The second kappa shape index (κ2) is 5.92. The maximum Gasteiger partial charge on any atom is 0.0244 e. The lowest BCUT2D eigenvalue weighted by atomic mass is 9.92. The SMILES string of the molecule is CC(C)C(C)CN1CC(C2CC2)NCC1C(C)C. The zero-order valence-corrected chi connectivity index (χ0v) is 12.9. The van der Waals surface area contributed by atoms with Crippen LogP contribution < -0.4 is 5.32 Å². The van der Waals surface area contributed by atoms with Gasteiger partial charge in [-0.1, -0.05) is 34.6 Å². The van der Waals surface area contributed by atoms with Crippen LogP contribution in [-0.2, 0) is 0 Å². The maximum absolute atomic E-state index is 3.80. The predicted octanol–water partition coefficient (Wildman–Crippen LogP) is 2.99. The van der Waals surface area contributed by atoms with Gasteiger partial charge in [0.25, 0.3) is 0 Å². The van der Waals surface area contributed by atoms with E-state index in [9.17, 15) is 0 Å². The molecule has 1 saturated carbocycles. The van der Waals surface area contributed by atoms with Crippen LogP contribution in [0.1, 0.15) is 47.5 Å². The number of rotatable bonds is 5. The zero-order valence-electron chi connectivity index (χ0n) is 12.9. The standard InChI is InChI=1S/C16H32N2/c1-11(2)13(5)9-18-10-15(14-6-7-14)17-8-16(18)12(3)4/h11-17H,6-10H2,1-5H3. The molecule has 1 aliphatic heterocycles. The third-order valence-corrected chi connectivity index (χ3v) is 5.11. The summed E-state index contributed by atoms with van der Waals surface area (Å²) in [6.45, 7) is 15.6. The summed E-state index contributed by atoms with van der Waals surface area (Å²) in [5.41, 5.74) is 0. The van der Waals surface area contributed by atoms with E-state index in [4.69, 9.17) is 0 Å². The number of hydrogen-bond donors (Lipinski definition) is 1. The zero-order chi connectivity index (χ0) is 13.3. The van der Waals surface area contributed by atoms with Gasteiger partial charge < -0.3 is 5.32 Å². The maximum atomic E-state index is 3.80. The van der Waals surface area contributed by atoms with Crippen molar-refractivity contribution in [3.63, 3.8) is 0 Å². The molecule has 1 heterocycles. The molecule has 0 spiro atoms. The van der Waals surface area contributed by atoms with Gasteiger partial charge in [0.2, 0.25) is 0 Å². The fourth-order valence-corrected chi connectivity index (χ4v) is 3.12. The molecule has 0 bridgehead atoms. The Balaban J connectivity index is 1.95. The van der Waals surface area contributed by atoms with Crippen LogP contribution in [0.3, 0.4) is 0 Å². The number of nitrogens with zero attached hydrogens (tertiary/aromatic N) is 1. The molecule has 0 radical (unpaired) electrons. The molecule has 0 aromatic heterocycles. The summed E-state index contributed by atoms with van der Waals surface area (Å²) >= 11 is 0. The highest BCUT2D eigenvalue weighted by molar-refractivity contribution is 4.95. The van der Waals surface area contributed by atoms with Gasteiger partial charge in [0.15, 0.2) is 0 Å². The average molecular weight is 252 g/mol. The molecule has 2 aliphatic rings. The van der Waals surface area contributed by atoms with Crippen molar-refractivity contribution >= 4 is 0 Å². The summed E-state index contributed by atoms with van der Waals surface area (Å²) in [6, 6.07) is 1.51. The van der Waals surface area contributed by atoms with E-state index in [0.29, 0.717) is 0 Å². The van der Waals surface area contributed by atoms with Gasteiger partial charge in [-0.3, -0.25) is 4.90 Å². The normalized spacial score (nSPS) is 32.2. The van der Waals surface area contributed by atoms with Gasteiger partial charge in [0, 0.05) is 31.7 Å². The van der Waals surface area contributed by atoms with Crippen molar-refractivity contribution in [2.24, 2.45) is 23.7 Å². The molecule has 1 N–H and O–H groups in total. The van der Waals surface area contributed by atoms with Crippen molar-refractivity contribution in [2.45, 2.75) is 59.5 Å². The summed E-state index contributed by atoms with van der Waals surface area (Å²) < 4.78 is 0. The second-order valence-corrected chi connectivity index (χ2v) is 7.34. The van der Waals surface area contributed by atoms with Gasteiger partial charge in [0.1, 0.15) is 0 Å². The number of piperazine rings is 1. The summed E-state index contributed by atoms with van der Waals surface area (Å²) in [6.07, 6.45) is 2.91. The van der Waals surface area contributed by atoms with E-state index in [2.05, 4.69) is 44.8 Å². The van der Waals surface area contributed by atoms with Crippen molar-refractivity contribution in [1.82, 2.24) is 10.2 Å². The molecule has 18 heavy (non-hydrogen) atoms. The minimum atomic E-state index is 0.737. The quantitative estimate of drug-likeness (QED) is 0.809. The fraction of sp³-hybridized carbons (Fsp3) is 1.00. The minimum absolute atomic E-state index is 0.737. The first-order valence-corrected chi connectivity index (χ1v) is 7.96. The van der Waals surface area contributed by atoms with E-state index in [0.717, 1.165) is 35.8 Å². The van der Waals surface area contributed by atoms with Crippen molar-refractivity contribution in [3.8, 4) is 0 Å². The molecule has 2 nitrogen and oxygen atoms in total. The van der Waals surface area contributed by atoms with E-state index in [-0.39, 0.29) is 0 Å². The van der Waals surface area contributed by atoms with Crippen LogP contribution in [0.4, 0.5) is 0 Å². The first-order chi connectivity index (χ1) is 8.49. The molecule has 1 aliphatic carbocycles. The number of nitrogens with one attached hydrogen (secondary N) is 1. The van der Waals surface area contributed by atoms with Gasteiger partial charge >= 0.3 is 0 Å². The lowest BCUT2D eigenvalue weighted by molar-refractivity contribution is 0.0712. The monoisotopic (exact) mass is 252 g/mol. The topological polar surface area (TPSA) is 15.3 Å². The summed E-state index contributed by atoms with van der Waals surface area (Å²) in [5, 5.41) is 3.80. The lowest BCUT2D eigenvalue weighted by Crippen LogP contribution is -2.59. The van der Waals surface area contributed by atoms with E-state index in [1.165, 1.54) is 32.5 Å². The van der Waals surface area contributed by atoms with E-state index < -0.39 is 0 Å². The lowest BCUT2D eigenvalue weighted by Gasteiger charge is -2.44. The fourth-order valence-electron chi connectivity index (χ4n) is 3.12. The molecule has 0 aromatic carbocycles. The van der Waals surface area contributed by atoms with E-state index >= 15 is 0 Å². The Kier molecular flexibility index (Phi) is 4.71. The smallest absolute Gasteiger partial charge is 0.0244 e. The Labute approximate surface area is 114 Å². The van der Waals surface area contributed by atoms with Crippen LogP contribution in [0.2, 0.25) is 0 Å². The molecule has 0 amide bonds. The Morgan fingerprint density at radius 2 is 1.78 bits per heavy atom. The van der Waals surface area contributed by atoms with Gasteiger partial charge in [-0.05, 0) is 36.5 Å². The Bertz CT molecular complexity index is 256. The van der Waals surface area contributed by atoms with Crippen LogP contribution in [0.25, 0.3) is 0 Å². The first-order valence-electron chi connectivity index (χ1n) is 7.96. The van der Waals surface area contributed by atoms with Crippen LogP contribution in [0.15, 0.2) is 0 Å². The highest BCUT2D eigenvalue weighted by Crippen LogP contribution is 2.35. The van der Waals surface area contributed by atoms with Crippen LogP contribution in [0.5, 0.6) is 0 Å². The van der Waals surface area contributed by atoms with Gasteiger partial charge in [-0.2, -0.15) is 0 Å². The molecular formula is C16H32N2. The molecule has 1 saturated heterocycles. The van der Waals surface area contributed by atoms with Gasteiger partial charge in [-0.15, -0.1) is 0 Å². The van der Waals surface area contributed by atoms with E-state index in [1.54, 1.807) is 0 Å². The third kappa shape index (κ3) is 3.48.